The second kappa shape index (κ2) is 6.86. The predicted octanol–water partition coefficient (Wildman–Crippen LogP) is 1.46. The summed E-state index contributed by atoms with van der Waals surface area (Å²) >= 11 is 0. The van der Waals surface area contributed by atoms with Gasteiger partial charge in [0.15, 0.2) is 0 Å². The Morgan fingerprint density at radius 3 is 2.75 bits per heavy atom. The van der Waals surface area contributed by atoms with Crippen LogP contribution in [0.5, 0.6) is 0 Å². The summed E-state index contributed by atoms with van der Waals surface area (Å²) in [6.07, 6.45) is 2.26. The summed E-state index contributed by atoms with van der Waals surface area (Å²) in [5.41, 5.74) is 0. The van der Waals surface area contributed by atoms with Gasteiger partial charge in [-0.3, -0.25) is 9.69 Å². The molecule has 94 valence electrons. The molecule has 0 amide bonds. The molecule has 0 saturated carbocycles. The van der Waals surface area contributed by atoms with Gasteiger partial charge in [-0.2, -0.15) is 0 Å². The number of aliphatic carboxylic acids is 1. The molecule has 4 nitrogen and oxygen atoms in total. The van der Waals surface area contributed by atoms with E-state index in [9.17, 15) is 4.79 Å². The molecule has 1 heterocycles. The molecule has 4 heteroatoms. The van der Waals surface area contributed by atoms with Crippen LogP contribution < -0.4 is 0 Å². The number of likely N-dealkylation sites (tertiary alicyclic amines) is 1. The minimum Gasteiger partial charge on any atom is -0.481 e. The number of carboxylic acid groups (broad SMARTS) is 1. The SMILES string of the molecule is CCCCOCCN1C[C@@H](C)[C@H](C(=O)O)C1. The summed E-state index contributed by atoms with van der Waals surface area (Å²) in [6.45, 7) is 8.11. The molecular weight excluding hydrogens is 206 g/mol. The fourth-order valence-electron chi connectivity index (χ4n) is 2.11. The first-order chi connectivity index (χ1) is 7.65. The molecule has 16 heavy (non-hydrogen) atoms. The van der Waals surface area contributed by atoms with E-state index in [1.165, 1.54) is 0 Å². The number of hydrogen-bond acceptors (Lipinski definition) is 3. The molecule has 2 atom stereocenters. The van der Waals surface area contributed by atoms with Gasteiger partial charge in [-0.15, -0.1) is 0 Å². The Hall–Kier alpha value is -0.610. The van der Waals surface area contributed by atoms with Gasteiger partial charge in [0.1, 0.15) is 0 Å². The molecule has 0 unspecified atom stereocenters. The highest BCUT2D eigenvalue weighted by molar-refractivity contribution is 5.71. The molecular formula is C12H23NO3. The third-order valence-electron chi connectivity index (χ3n) is 3.20. The van der Waals surface area contributed by atoms with Crippen molar-refractivity contribution in [3.63, 3.8) is 0 Å². The molecule has 0 aliphatic carbocycles. The quantitative estimate of drug-likeness (QED) is 0.671. The second-order valence-corrected chi connectivity index (χ2v) is 4.65. The number of unbranched alkanes of at least 4 members (excludes halogenated alkanes) is 1. The highest BCUT2D eigenvalue weighted by Gasteiger charge is 2.34. The van der Waals surface area contributed by atoms with Gasteiger partial charge in [0, 0.05) is 26.2 Å². The smallest absolute Gasteiger partial charge is 0.308 e. The molecule has 1 rings (SSSR count). The zero-order valence-electron chi connectivity index (χ0n) is 10.3. The van der Waals surface area contributed by atoms with Gasteiger partial charge in [0.2, 0.25) is 0 Å². The largest absolute Gasteiger partial charge is 0.481 e. The zero-order valence-corrected chi connectivity index (χ0v) is 10.3. The second-order valence-electron chi connectivity index (χ2n) is 4.65. The Morgan fingerprint density at radius 2 is 2.19 bits per heavy atom. The molecule has 0 bridgehead atoms. The van der Waals surface area contributed by atoms with Gasteiger partial charge < -0.3 is 9.84 Å². The molecule has 0 spiro atoms. The maximum atomic E-state index is 10.9. The third-order valence-corrected chi connectivity index (χ3v) is 3.20. The molecule has 1 saturated heterocycles. The number of hydrogen-bond donors (Lipinski definition) is 1. The van der Waals surface area contributed by atoms with Crippen molar-refractivity contribution in [2.75, 3.05) is 32.8 Å². The number of ether oxygens (including phenoxy) is 1. The fourth-order valence-corrected chi connectivity index (χ4v) is 2.11. The minimum absolute atomic E-state index is 0.198. The Bertz CT molecular complexity index is 220. The van der Waals surface area contributed by atoms with E-state index >= 15 is 0 Å². The lowest BCUT2D eigenvalue weighted by molar-refractivity contribution is -0.142. The molecule has 0 aromatic rings. The average Bonchev–Trinajstić information content (AvgIpc) is 2.59. The van der Waals surface area contributed by atoms with Crippen molar-refractivity contribution in [2.45, 2.75) is 26.7 Å². The summed E-state index contributed by atoms with van der Waals surface area (Å²) in [5.74, 6) is -0.606. The van der Waals surface area contributed by atoms with Gasteiger partial charge in [-0.1, -0.05) is 20.3 Å². The van der Waals surface area contributed by atoms with Crippen LogP contribution in [0.3, 0.4) is 0 Å². The van der Waals surface area contributed by atoms with E-state index in [2.05, 4.69) is 11.8 Å². The maximum absolute atomic E-state index is 10.9. The lowest BCUT2D eigenvalue weighted by Gasteiger charge is -2.14. The third kappa shape index (κ3) is 4.10. The van der Waals surface area contributed by atoms with Gasteiger partial charge in [-0.05, 0) is 12.3 Å². The first-order valence-electron chi connectivity index (χ1n) is 6.18. The van der Waals surface area contributed by atoms with Crippen LogP contribution in [-0.4, -0.2) is 48.8 Å². The highest BCUT2D eigenvalue weighted by atomic mass is 16.5. The molecule has 0 aromatic carbocycles. The molecule has 0 aromatic heterocycles. The van der Waals surface area contributed by atoms with Crippen LogP contribution in [0.25, 0.3) is 0 Å². The van der Waals surface area contributed by atoms with Gasteiger partial charge in [0.05, 0.1) is 12.5 Å². The van der Waals surface area contributed by atoms with Gasteiger partial charge in [-0.25, -0.2) is 0 Å². The summed E-state index contributed by atoms with van der Waals surface area (Å²) in [5, 5.41) is 8.99. The summed E-state index contributed by atoms with van der Waals surface area (Å²) in [7, 11) is 0. The van der Waals surface area contributed by atoms with E-state index in [0.29, 0.717) is 6.54 Å². The van der Waals surface area contributed by atoms with Crippen LogP contribution in [0.1, 0.15) is 26.7 Å². The van der Waals surface area contributed by atoms with Crippen LogP contribution in [-0.2, 0) is 9.53 Å². The van der Waals surface area contributed by atoms with Crippen molar-refractivity contribution in [2.24, 2.45) is 11.8 Å². The number of carbonyl (C=O) groups is 1. The molecule has 1 aliphatic heterocycles. The molecule has 1 fully saturated rings. The predicted molar refractivity (Wildman–Crippen MR) is 62.5 cm³/mol. The molecule has 1 N–H and O–H groups in total. The Labute approximate surface area is 97.6 Å². The number of carboxylic acids is 1. The van der Waals surface area contributed by atoms with Crippen molar-refractivity contribution in [1.29, 1.82) is 0 Å². The van der Waals surface area contributed by atoms with E-state index in [0.717, 1.165) is 39.1 Å². The topological polar surface area (TPSA) is 49.8 Å². The van der Waals surface area contributed by atoms with Crippen molar-refractivity contribution in [1.82, 2.24) is 4.90 Å². The Morgan fingerprint density at radius 1 is 1.44 bits per heavy atom. The van der Waals surface area contributed by atoms with Crippen LogP contribution >= 0.6 is 0 Å². The summed E-state index contributed by atoms with van der Waals surface area (Å²) in [6, 6.07) is 0. The van der Waals surface area contributed by atoms with Crippen LogP contribution in [0.2, 0.25) is 0 Å². The number of nitrogens with zero attached hydrogens (tertiary/aromatic N) is 1. The Kier molecular flexibility index (Phi) is 5.77. The first kappa shape index (κ1) is 13.5. The highest BCUT2D eigenvalue weighted by Crippen LogP contribution is 2.22. The fraction of sp³-hybridized carbons (Fsp3) is 0.917. The van der Waals surface area contributed by atoms with Crippen LogP contribution in [0, 0.1) is 11.8 Å². The standard InChI is InChI=1S/C12H23NO3/c1-3-4-6-16-7-5-13-8-10(2)11(9-13)12(14)15/h10-11H,3-9H2,1-2H3,(H,14,15)/t10-,11-/m1/s1. The molecule has 0 radical (unpaired) electrons. The number of rotatable bonds is 7. The van der Waals surface area contributed by atoms with E-state index in [1.807, 2.05) is 6.92 Å². The lowest BCUT2D eigenvalue weighted by atomic mass is 9.99. The van der Waals surface area contributed by atoms with Crippen molar-refractivity contribution < 1.29 is 14.6 Å². The van der Waals surface area contributed by atoms with Gasteiger partial charge >= 0.3 is 5.97 Å². The minimum atomic E-state index is -0.665. The first-order valence-corrected chi connectivity index (χ1v) is 6.18. The van der Waals surface area contributed by atoms with E-state index in [4.69, 9.17) is 9.84 Å². The van der Waals surface area contributed by atoms with Crippen LogP contribution in [0.4, 0.5) is 0 Å². The lowest BCUT2D eigenvalue weighted by Crippen LogP contribution is -2.27. The van der Waals surface area contributed by atoms with Crippen molar-refractivity contribution in [3.8, 4) is 0 Å². The summed E-state index contributed by atoms with van der Waals surface area (Å²) < 4.78 is 5.48. The zero-order chi connectivity index (χ0) is 12.0. The maximum Gasteiger partial charge on any atom is 0.308 e. The monoisotopic (exact) mass is 229 g/mol. The normalized spacial score (nSPS) is 26.1. The van der Waals surface area contributed by atoms with E-state index in [-0.39, 0.29) is 11.8 Å². The molecule has 1 aliphatic rings. The van der Waals surface area contributed by atoms with Crippen LogP contribution in [0.15, 0.2) is 0 Å². The van der Waals surface area contributed by atoms with Gasteiger partial charge in [0.25, 0.3) is 0 Å². The Balaban J connectivity index is 2.13. The van der Waals surface area contributed by atoms with Crippen molar-refractivity contribution >= 4 is 5.97 Å². The van der Waals surface area contributed by atoms with Crippen molar-refractivity contribution in [3.05, 3.63) is 0 Å². The van der Waals surface area contributed by atoms with E-state index in [1.54, 1.807) is 0 Å². The average molecular weight is 229 g/mol. The summed E-state index contributed by atoms with van der Waals surface area (Å²) in [4.78, 5) is 13.1. The van der Waals surface area contributed by atoms with E-state index < -0.39 is 5.97 Å².